The van der Waals surface area contributed by atoms with E-state index in [2.05, 4.69) is 15.3 Å². The van der Waals surface area contributed by atoms with Crippen molar-refractivity contribution in [2.45, 2.75) is 0 Å². The lowest BCUT2D eigenvalue weighted by molar-refractivity contribution is 0.0681. The lowest BCUT2D eigenvalue weighted by Crippen LogP contribution is -2.16. The Morgan fingerprint density at radius 1 is 1.15 bits per heavy atom. The van der Waals surface area contributed by atoms with Gasteiger partial charge < -0.3 is 20.5 Å². The number of amides is 1. The van der Waals surface area contributed by atoms with Gasteiger partial charge in [-0.25, -0.2) is 14.6 Å². The highest BCUT2D eigenvalue weighted by Gasteiger charge is 2.19. The van der Waals surface area contributed by atoms with Gasteiger partial charge in [0.05, 0.1) is 11.9 Å². The Morgan fingerprint density at radius 2 is 1.90 bits per heavy atom. The molecule has 4 N–H and O–H groups in total. The normalized spacial score (nSPS) is 10.0. The number of aromatic nitrogens is 2. The number of nitrogens with zero attached hydrogens (tertiary/aromatic N) is 1. The summed E-state index contributed by atoms with van der Waals surface area (Å²) in [4.78, 5) is 39.5. The summed E-state index contributed by atoms with van der Waals surface area (Å²) >= 11 is 0. The van der Waals surface area contributed by atoms with Crippen LogP contribution in [-0.4, -0.2) is 38.0 Å². The number of hydrogen-bond donors (Lipinski definition) is 4. The van der Waals surface area contributed by atoms with Crippen molar-refractivity contribution in [3.05, 3.63) is 47.5 Å². The number of benzene rings is 1. The standard InChI is InChI=1S/C12H9N3O5/c16-10(8-9(12(19)20)14-5-13-8)15-7-3-1-2-6(4-7)11(17)18/h1-5H,(H,13,14)(H,15,16)(H,17,18)(H,19,20). The summed E-state index contributed by atoms with van der Waals surface area (Å²) in [6.07, 6.45) is 1.09. The number of carboxylic acid groups (broad SMARTS) is 2. The molecule has 0 spiro atoms. The van der Waals surface area contributed by atoms with Crippen molar-refractivity contribution in [1.82, 2.24) is 9.97 Å². The van der Waals surface area contributed by atoms with Crippen LogP contribution in [0.1, 0.15) is 31.3 Å². The molecule has 1 aromatic carbocycles. The van der Waals surface area contributed by atoms with E-state index in [-0.39, 0.29) is 22.6 Å². The Kier molecular flexibility index (Phi) is 3.47. The molecule has 1 aromatic heterocycles. The average molecular weight is 275 g/mol. The maximum atomic E-state index is 11.9. The number of H-pyrrole nitrogens is 1. The van der Waals surface area contributed by atoms with Crippen LogP contribution in [0.25, 0.3) is 0 Å². The van der Waals surface area contributed by atoms with E-state index in [1.54, 1.807) is 0 Å². The molecule has 2 rings (SSSR count). The molecule has 1 amide bonds. The van der Waals surface area contributed by atoms with Crippen LogP contribution in [0.4, 0.5) is 5.69 Å². The molecule has 0 aliphatic rings. The van der Waals surface area contributed by atoms with Gasteiger partial charge in [0.1, 0.15) is 0 Å². The molecule has 0 aliphatic carbocycles. The minimum absolute atomic E-state index is 0.00304. The fraction of sp³-hybridized carbons (Fsp3) is 0. The van der Waals surface area contributed by atoms with Crippen molar-refractivity contribution in [3.63, 3.8) is 0 Å². The second-order valence-corrected chi connectivity index (χ2v) is 3.77. The first-order valence-electron chi connectivity index (χ1n) is 5.40. The highest BCUT2D eigenvalue weighted by atomic mass is 16.4. The number of aromatic carboxylic acids is 2. The Balaban J connectivity index is 2.23. The maximum absolute atomic E-state index is 11.9. The molecule has 102 valence electrons. The molecule has 1 heterocycles. The minimum Gasteiger partial charge on any atom is -0.478 e. The van der Waals surface area contributed by atoms with E-state index in [0.717, 1.165) is 6.33 Å². The number of hydrogen-bond acceptors (Lipinski definition) is 4. The van der Waals surface area contributed by atoms with Crippen LogP contribution in [0.3, 0.4) is 0 Å². The van der Waals surface area contributed by atoms with E-state index >= 15 is 0 Å². The predicted molar refractivity (Wildman–Crippen MR) is 66.9 cm³/mol. The molecule has 0 aliphatic heterocycles. The molecule has 0 saturated carbocycles. The number of carbonyl (C=O) groups is 3. The largest absolute Gasteiger partial charge is 0.478 e. The first-order valence-corrected chi connectivity index (χ1v) is 5.40. The number of aromatic amines is 1. The topological polar surface area (TPSA) is 132 Å². The van der Waals surface area contributed by atoms with Gasteiger partial charge in [-0.05, 0) is 18.2 Å². The van der Waals surface area contributed by atoms with Crippen LogP contribution < -0.4 is 5.32 Å². The molecule has 0 unspecified atom stereocenters. The first kappa shape index (κ1) is 13.3. The van der Waals surface area contributed by atoms with Crippen LogP contribution in [0.15, 0.2) is 30.6 Å². The molecular weight excluding hydrogens is 266 g/mol. The molecule has 0 atom stereocenters. The van der Waals surface area contributed by atoms with Crippen LogP contribution >= 0.6 is 0 Å². The number of nitrogens with one attached hydrogen (secondary N) is 2. The molecule has 8 nitrogen and oxygen atoms in total. The first-order chi connectivity index (χ1) is 9.49. The lowest BCUT2D eigenvalue weighted by atomic mass is 10.2. The van der Waals surface area contributed by atoms with E-state index in [9.17, 15) is 14.4 Å². The second kappa shape index (κ2) is 5.22. The van der Waals surface area contributed by atoms with Gasteiger partial charge in [0, 0.05) is 5.69 Å². The van der Waals surface area contributed by atoms with Crippen LogP contribution in [0, 0.1) is 0 Å². The van der Waals surface area contributed by atoms with E-state index < -0.39 is 17.8 Å². The van der Waals surface area contributed by atoms with Gasteiger partial charge in [0.25, 0.3) is 5.91 Å². The quantitative estimate of drug-likeness (QED) is 0.659. The molecule has 2 aromatic rings. The monoisotopic (exact) mass is 275 g/mol. The third kappa shape index (κ3) is 2.64. The summed E-state index contributed by atoms with van der Waals surface area (Å²) in [7, 11) is 0. The summed E-state index contributed by atoms with van der Waals surface area (Å²) < 4.78 is 0. The van der Waals surface area contributed by atoms with Gasteiger partial charge in [-0.15, -0.1) is 0 Å². The molecule has 0 radical (unpaired) electrons. The highest BCUT2D eigenvalue weighted by Crippen LogP contribution is 2.13. The van der Waals surface area contributed by atoms with Crippen LogP contribution in [0.2, 0.25) is 0 Å². The van der Waals surface area contributed by atoms with Crippen molar-refractivity contribution >= 4 is 23.5 Å². The fourth-order valence-electron chi connectivity index (χ4n) is 1.55. The molecular formula is C12H9N3O5. The van der Waals surface area contributed by atoms with E-state index in [0.29, 0.717) is 0 Å². The summed E-state index contributed by atoms with van der Waals surface area (Å²) in [5.41, 5.74) is -0.382. The van der Waals surface area contributed by atoms with Gasteiger partial charge in [-0.3, -0.25) is 4.79 Å². The third-order valence-corrected chi connectivity index (χ3v) is 2.44. The lowest BCUT2D eigenvalue weighted by Gasteiger charge is -2.04. The summed E-state index contributed by atoms with van der Waals surface area (Å²) in [5.74, 6) is -3.19. The summed E-state index contributed by atoms with van der Waals surface area (Å²) in [5, 5.41) is 20.1. The molecule has 20 heavy (non-hydrogen) atoms. The molecule has 0 saturated heterocycles. The summed E-state index contributed by atoms with van der Waals surface area (Å²) in [6, 6.07) is 5.57. The van der Waals surface area contributed by atoms with Crippen molar-refractivity contribution in [1.29, 1.82) is 0 Å². The van der Waals surface area contributed by atoms with Gasteiger partial charge >= 0.3 is 11.9 Å². The van der Waals surface area contributed by atoms with Crippen LogP contribution in [-0.2, 0) is 0 Å². The number of rotatable bonds is 4. The van der Waals surface area contributed by atoms with Gasteiger partial charge in [0.2, 0.25) is 0 Å². The highest BCUT2D eigenvalue weighted by molar-refractivity contribution is 6.08. The van der Waals surface area contributed by atoms with Gasteiger partial charge in [-0.2, -0.15) is 0 Å². The van der Waals surface area contributed by atoms with Crippen molar-refractivity contribution in [2.24, 2.45) is 0 Å². The zero-order chi connectivity index (χ0) is 14.7. The SMILES string of the molecule is O=C(O)c1cccc(NC(=O)c2nc[nH]c2C(=O)O)c1. The van der Waals surface area contributed by atoms with Gasteiger partial charge in [0.15, 0.2) is 11.4 Å². The molecule has 0 fully saturated rings. The number of imidazole rings is 1. The van der Waals surface area contributed by atoms with Crippen LogP contribution in [0.5, 0.6) is 0 Å². The van der Waals surface area contributed by atoms with Crippen molar-refractivity contribution < 1.29 is 24.6 Å². The third-order valence-electron chi connectivity index (χ3n) is 2.44. The van der Waals surface area contributed by atoms with E-state index in [1.807, 2.05) is 0 Å². The van der Waals surface area contributed by atoms with Crippen molar-refractivity contribution in [2.75, 3.05) is 5.32 Å². The zero-order valence-corrected chi connectivity index (χ0v) is 9.95. The minimum atomic E-state index is -1.31. The molecule has 0 bridgehead atoms. The average Bonchev–Trinajstić information content (AvgIpc) is 2.88. The number of carbonyl (C=O) groups excluding carboxylic acids is 1. The Bertz CT molecular complexity index is 692. The van der Waals surface area contributed by atoms with Gasteiger partial charge in [-0.1, -0.05) is 6.07 Å². The Hall–Kier alpha value is -3.16. The number of anilines is 1. The Labute approximate surface area is 112 Å². The smallest absolute Gasteiger partial charge is 0.354 e. The van der Waals surface area contributed by atoms with Crippen molar-refractivity contribution in [3.8, 4) is 0 Å². The predicted octanol–water partition coefficient (Wildman–Crippen LogP) is 1.06. The maximum Gasteiger partial charge on any atom is 0.354 e. The molecule has 8 heteroatoms. The second-order valence-electron chi connectivity index (χ2n) is 3.77. The fourth-order valence-corrected chi connectivity index (χ4v) is 1.55. The number of carboxylic acids is 2. The summed E-state index contributed by atoms with van der Waals surface area (Å²) in [6.45, 7) is 0. The van der Waals surface area contributed by atoms with E-state index in [1.165, 1.54) is 24.3 Å². The van der Waals surface area contributed by atoms with E-state index in [4.69, 9.17) is 10.2 Å². The Morgan fingerprint density at radius 3 is 2.55 bits per heavy atom. The zero-order valence-electron chi connectivity index (χ0n) is 9.95.